The second kappa shape index (κ2) is 6.32. The van der Waals surface area contributed by atoms with Crippen LogP contribution >= 0.6 is 0 Å². The normalized spacial score (nSPS) is 20.4. The molecule has 0 amide bonds. The molecule has 0 bridgehead atoms. The van der Waals surface area contributed by atoms with E-state index in [4.69, 9.17) is 4.98 Å². The van der Waals surface area contributed by atoms with Crippen LogP contribution in [0, 0.1) is 5.82 Å². The van der Waals surface area contributed by atoms with E-state index < -0.39 is 0 Å². The molecular formula is C19H21FN6. The Kier molecular flexibility index (Phi) is 3.81. The summed E-state index contributed by atoms with van der Waals surface area (Å²) in [5, 5.41) is 7.05. The first-order chi connectivity index (χ1) is 12.8. The predicted octanol–water partition coefficient (Wildman–Crippen LogP) is 2.97. The van der Waals surface area contributed by atoms with Crippen molar-refractivity contribution in [1.29, 1.82) is 0 Å². The molecular weight excluding hydrogens is 331 g/mol. The Bertz CT molecular complexity index is 942. The highest BCUT2D eigenvalue weighted by Crippen LogP contribution is 2.43. The molecule has 1 saturated carbocycles. The number of anilines is 1. The van der Waals surface area contributed by atoms with E-state index in [2.05, 4.69) is 20.6 Å². The summed E-state index contributed by atoms with van der Waals surface area (Å²) in [6.07, 6.45) is 9.75. The average Bonchev–Trinajstić information content (AvgIpc) is 3.42. The molecule has 2 aliphatic rings. The van der Waals surface area contributed by atoms with Crippen molar-refractivity contribution in [2.24, 2.45) is 0 Å². The number of nitrogens with one attached hydrogen (secondary N) is 2. The van der Waals surface area contributed by atoms with E-state index in [9.17, 15) is 4.39 Å². The summed E-state index contributed by atoms with van der Waals surface area (Å²) < 4.78 is 15.4. The van der Waals surface area contributed by atoms with Crippen molar-refractivity contribution in [1.82, 2.24) is 24.7 Å². The fourth-order valence-corrected chi connectivity index (χ4v) is 3.61. The summed E-state index contributed by atoms with van der Waals surface area (Å²) in [6.45, 7) is 2.03. The van der Waals surface area contributed by atoms with Crippen molar-refractivity contribution < 1.29 is 4.39 Å². The summed E-state index contributed by atoms with van der Waals surface area (Å²) in [7, 11) is 0. The van der Waals surface area contributed by atoms with Gasteiger partial charge in [-0.05, 0) is 50.3 Å². The van der Waals surface area contributed by atoms with Crippen molar-refractivity contribution in [3.8, 4) is 11.5 Å². The van der Waals surface area contributed by atoms with Crippen molar-refractivity contribution in [2.75, 3.05) is 18.4 Å². The Morgan fingerprint density at radius 2 is 2.08 bits per heavy atom. The molecule has 1 unspecified atom stereocenters. The molecule has 2 N–H and O–H groups in total. The van der Waals surface area contributed by atoms with Crippen molar-refractivity contribution >= 4 is 11.5 Å². The third kappa shape index (κ3) is 2.92. The van der Waals surface area contributed by atoms with Crippen LogP contribution in [0.15, 0.2) is 30.7 Å². The van der Waals surface area contributed by atoms with E-state index in [-0.39, 0.29) is 5.82 Å². The first-order valence-corrected chi connectivity index (χ1v) is 9.25. The van der Waals surface area contributed by atoms with Gasteiger partial charge in [0.2, 0.25) is 0 Å². The zero-order valence-electron chi connectivity index (χ0n) is 14.5. The molecule has 1 aliphatic heterocycles. The molecule has 1 aliphatic carbocycles. The monoisotopic (exact) mass is 352 g/mol. The van der Waals surface area contributed by atoms with E-state index in [1.54, 1.807) is 16.7 Å². The lowest BCUT2D eigenvalue weighted by Crippen LogP contribution is -2.38. The number of nitrogens with zero attached hydrogens (tertiary/aromatic N) is 4. The largest absolute Gasteiger partial charge is 0.366 e. The molecule has 7 heteroatoms. The second-order valence-corrected chi connectivity index (χ2v) is 7.18. The third-order valence-electron chi connectivity index (χ3n) is 5.17. The first-order valence-electron chi connectivity index (χ1n) is 9.25. The van der Waals surface area contributed by atoms with E-state index in [0.29, 0.717) is 29.1 Å². The maximum Gasteiger partial charge on any atom is 0.180 e. The lowest BCUT2D eigenvalue weighted by atomic mass is 10.1. The van der Waals surface area contributed by atoms with E-state index in [1.807, 2.05) is 6.20 Å². The standard InChI is InChI=1S/C19H21FN6/c20-13-5-6-17-22-10-16(26(17)11-13)19-23-9-15(12-3-4-12)18(25-19)24-14-2-1-7-21-8-14/h5-6,9-12,14,21H,1-4,7-8H2,(H,23,24,25). The van der Waals surface area contributed by atoms with Gasteiger partial charge in [-0.25, -0.2) is 19.3 Å². The van der Waals surface area contributed by atoms with Crippen molar-refractivity contribution in [3.05, 3.63) is 42.1 Å². The Morgan fingerprint density at radius 3 is 2.88 bits per heavy atom. The Hall–Kier alpha value is -2.54. The van der Waals surface area contributed by atoms with Crippen LogP contribution in [-0.2, 0) is 0 Å². The van der Waals surface area contributed by atoms with Gasteiger partial charge in [0.15, 0.2) is 5.82 Å². The zero-order valence-corrected chi connectivity index (χ0v) is 14.5. The van der Waals surface area contributed by atoms with Crippen LogP contribution in [0.5, 0.6) is 0 Å². The number of fused-ring (bicyclic) bond motifs is 1. The van der Waals surface area contributed by atoms with Crippen LogP contribution in [0.1, 0.15) is 37.2 Å². The maximum atomic E-state index is 13.7. The minimum absolute atomic E-state index is 0.307. The smallest absolute Gasteiger partial charge is 0.180 e. The fraction of sp³-hybridized carbons (Fsp3) is 0.421. The van der Waals surface area contributed by atoms with Crippen molar-refractivity contribution in [2.45, 2.75) is 37.6 Å². The van der Waals surface area contributed by atoms with E-state index in [0.717, 1.165) is 25.3 Å². The molecule has 1 atom stereocenters. The highest BCUT2D eigenvalue weighted by Gasteiger charge is 2.29. The van der Waals surface area contributed by atoms with Crippen LogP contribution in [0.2, 0.25) is 0 Å². The predicted molar refractivity (Wildman–Crippen MR) is 97.7 cm³/mol. The molecule has 3 aromatic rings. The molecule has 4 heterocycles. The zero-order chi connectivity index (χ0) is 17.5. The van der Waals surface area contributed by atoms with Crippen LogP contribution in [0.3, 0.4) is 0 Å². The molecule has 2 fully saturated rings. The molecule has 134 valence electrons. The topological polar surface area (TPSA) is 67.1 Å². The number of rotatable bonds is 4. The Labute approximate surface area is 150 Å². The van der Waals surface area contributed by atoms with Gasteiger partial charge in [-0.3, -0.25) is 4.40 Å². The SMILES string of the molecule is Fc1ccc2ncc(-c3ncc(C4CC4)c(NC4CCCNC4)n3)n2c1. The maximum absolute atomic E-state index is 13.7. The molecule has 5 rings (SSSR count). The van der Waals surface area contributed by atoms with Crippen LogP contribution in [-0.4, -0.2) is 38.5 Å². The summed E-state index contributed by atoms with van der Waals surface area (Å²) in [5.74, 6) is 1.73. The second-order valence-electron chi connectivity index (χ2n) is 7.18. The molecule has 0 radical (unpaired) electrons. The van der Waals surface area contributed by atoms with Crippen LogP contribution < -0.4 is 10.6 Å². The number of imidazole rings is 1. The van der Waals surface area contributed by atoms with Gasteiger partial charge < -0.3 is 10.6 Å². The summed E-state index contributed by atoms with van der Waals surface area (Å²) in [6, 6.07) is 3.44. The van der Waals surface area contributed by atoms with Crippen LogP contribution in [0.25, 0.3) is 17.2 Å². The molecule has 1 saturated heterocycles. The number of halogens is 1. The summed E-state index contributed by atoms with van der Waals surface area (Å²) in [5.41, 5.74) is 2.58. The van der Waals surface area contributed by atoms with Gasteiger partial charge in [0.1, 0.15) is 23.0 Å². The van der Waals surface area contributed by atoms with Gasteiger partial charge in [0.05, 0.1) is 6.20 Å². The van der Waals surface area contributed by atoms with Gasteiger partial charge in [-0.1, -0.05) is 0 Å². The molecule has 0 spiro atoms. The highest BCUT2D eigenvalue weighted by molar-refractivity contribution is 5.60. The Balaban J connectivity index is 1.54. The first kappa shape index (κ1) is 15.7. The van der Waals surface area contributed by atoms with Crippen molar-refractivity contribution in [3.63, 3.8) is 0 Å². The van der Waals surface area contributed by atoms with Gasteiger partial charge in [0, 0.05) is 30.5 Å². The molecule has 6 nitrogen and oxygen atoms in total. The van der Waals surface area contributed by atoms with Crippen LogP contribution in [0.4, 0.5) is 10.2 Å². The minimum Gasteiger partial charge on any atom is -0.366 e. The van der Waals surface area contributed by atoms with E-state index in [1.165, 1.54) is 37.1 Å². The molecule has 3 aromatic heterocycles. The average molecular weight is 352 g/mol. The number of aromatic nitrogens is 4. The van der Waals surface area contributed by atoms with E-state index >= 15 is 0 Å². The summed E-state index contributed by atoms with van der Waals surface area (Å²) >= 11 is 0. The molecule has 0 aromatic carbocycles. The fourth-order valence-electron chi connectivity index (χ4n) is 3.61. The van der Waals surface area contributed by atoms with Gasteiger partial charge in [0.25, 0.3) is 0 Å². The molecule has 26 heavy (non-hydrogen) atoms. The number of piperidine rings is 1. The highest BCUT2D eigenvalue weighted by atomic mass is 19.1. The number of pyridine rings is 1. The summed E-state index contributed by atoms with van der Waals surface area (Å²) in [4.78, 5) is 13.7. The van der Waals surface area contributed by atoms with Gasteiger partial charge in [-0.2, -0.15) is 0 Å². The third-order valence-corrected chi connectivity index (χ3v) is 5.17. The Morgan fingerprint density at radius 1 is 1.15 bits per heavy atom. The number of hydrogen-bond donors (Lipinski definition) is 2. The lowest BCUT2D eigenvalue weighted by molar-refractivity contribution is 0.478. The lowest BCUT2D eigenvalue weighted by Gasteiger charge is -2.25. The van der Waals surface area contributed by atoms with Gasteiger partial charge in [-0.15, -0.1) is 0 Å². The van der Waals surface area contributed by atoms with Gasteiger partial charge >= 0.3 is 0 Å². The minimum atomic E-state index is -0.307. The number of hydrogen-bond acceptors (Lipinski definition) is 5. The quantitative estimate of drug-likeness (QED) is 0.756.